The molecule has 13 heavy (non-hydrogen) atoms. The van der Waals surface area contributed by atoms with Crippen molar-refractivity contribution in [2.45, 2.75) is 47.1 Å². The highest BCUT2D eigenvalue weighted by Gasteiger charge is 2.18. The van der Waals surface area contributed by atoms with Crippen LogP contribution >= 0.6 is 0 Å². The lowest BCUT2D eigenvalue weighted by molar-refractivity contribution is 0.150. The number of aliphatic hydroxyl groups excluding tert-OH is 1. The maximum Gasteiger partial charge on any atom is 0.0494 e. The predicted octanol–water partition coefficient (Wildman–Crippen LogP) is 2.03. The van der Waals surface area contributed by atoms with Crippen molar-refractivity contribution in [3.8, 4) is 0 Å². The highest BCUT2D eigenvalue weighted by atomic mass is 16.3. The third-order valence-corrected chi connectivity index (χ3v) is 2.83. The van der Waals surface area contributed by atoms with E-state index in [9.17, 15) is 0 Å². The molecule has 0 rings (SSSR count). The van der Waals surface area contributed by atoms with Crippen LogP contribution in [0.3, 0.4) is 0 Å². The summed E-state index contributed by atoms with van der Waals surface area (Å²) in [6, 6.07) is 0.538. The molecule has 0 aliphatic carbocycles. The molecule has 2 nitrogen and oxygen atoms in total. The molecule has 0 amide bonds. The van der Waals surface area contributed by atoms with E-state index in [4.69, 9.17) is 5.11 Å². The molecule has 0 saturated heterocycles. The summed E-state index contributed by atoms with van der Waals surface area (Å²) in [6.45, 7) is 11.9. The number of aliphatic hydroxyl groups is 1. The molecular formula is C11H25NO. The molecule has 80 valence electrons. The predicted molar refractivity (Wildman–Crippen MR) is 57.8 cm³/mol. The van der Waals surface area contributed by atoms with E-state index in [0.29, 0.717) is 12.0 Å². The Balaban J connectivity index is 3.75. The fourth-order valence-electron chi connectivity index (χ4n) is 1.05. The minimum absolute atomic E-state index is 0.00171. The van der Waals surface area contributed by atoms with Crippen LogP contribution in [-0.2, 0) is 0 Å². The molecule has 0 spiro atoms. The largest absolute Gasteiger partial charge is 0.396 e. The van der Waals surface area contributed by atoms with Crippen molar-refractivity contribution < 1.29 is 5.11 Å². The van der Waals surface area contributed by atoms with E-state index in [2.05, 4.69) is 39.9 Å². The van der Waals surface area contributed by atoms with Gasteiger partial charge >= 0.3 is 0 Å². The van der Waals surface area contributed by atoms with Gasteiger partial charge in [0.2, 0.25) is 0 Å². The number of hydrogen-bond donors (Lipinski definition) is 2. The van der Waals surface area contributed by atoms with Gasteiger partial charge in [-0.3, -0.25) is 0 Å². The Morgan fingerprint density at radius 3 is 2.23 bits per heavy atom. The van der Waals surface area contributed by atoms with Crippen LogP contribution in [0.5, 0.6) is 0 Å². The van der Waals surface area contributed by atoms with Gasteiger partial charge in [0.25, 0.3) is 0 Å². The summed E-state index contributed by atoms with van der Waals surface area (Å²) in [5, 5.41) is 12.5. The zero-order chi connectivity index (χ0) is 10.5. The monoisotopic (exact) mass is 187 g/mol. The van der Waals surface area contributed by atoms with E-state index in [-0.39, 0.29) is 12.0 Å². The van der Waals surface area contributed by atoms with Crippen LogP contribution in [0.2, 0.25) is 0 Å². The molecule has 0 saturated carbocycles. The van der Waals surface area contributed by atoms with Crippen molar-refractivity contribution in [2.24, 2.45) is 11.3 Å². The molecule has 0 heterocycles. The highest BCUT2D eigenvalue weighted by Crippen LogP contribution is 2.13. The van der Waals surface area contributed by atoms with Gasteiger partial charge in [-0.15, -0.1) is 0 Å². The minimum atomic E-state index is 0.00171. The van der Waals surface area contributed by atoms with Crippen molar-refractivity contribution in [3.05, 3.63) is 0 Å². The first kappa shape index (κ1) is 12.9. The van der Waals surface area contributed by atoms with Crippen LogP contribution in [0.4, 0.5) is 0 Å². The highest BCUT2D eigenvalue weighted by molar-refractivity contribution is 4.74. The summed E-state index contributed by atoms with van der Waals surface area (Å²) in [5.74, 6) is 0.703. The van der Waals surface area contributed by atoms with Crippen LogP contribution in [0.15, 0.2) is 0 Å². The Kier molecular flexibility index (Phi) is 5.57. The summed E-state index contributed by atoms with van der Waals surface area (Å²) in [7, 11) is 0. The minimum Gasteiger partial charge on any atom is -0.396 e. The molecule has 0 aliphatic rings. The Bertz CT molecular complexity index is 134. The van der Waals surface area contributed by atoms with Gasteiger partial charge in [0.15, 0.2) is 0 Å². The molecule has 0 aromatic rings. The Morgan fingerprint density at radius 1 is 1.31 bits per heavy atom. The standard InChI is InChI=1S/C11H25NO/c1-6-9(2)10(3)12-7-11(4,5)8-13/h9-10,12-13H,6-8H2,1-5H3. The first-order chi connectivity index (χ1) is 5.93. The fourth-order valence-corrected chi connectivity index (χ4v) is 1.05. The van der Waals surface area contributed by atoms with E-state index >= 15 is 0 Å². The second-order valence-electron chi connectivity index (χ2n) is 4.88. The van der Waals surface area contributed by atoms with Crippen molar-refractivity contribution >= 4 is 0 Å². The first-order valence-electron chi connectivity index (χ1n) is 5.27. The van der Waals surface area contributed by atoms with E-state index < -0.39 is 0 Å². The molecule has 0 aromatic heterocycles. The Labute approximate surface area is 82.7 Å². The zero-order valence-electron chi connectivity index (χ0n) is 9.72. The zero-order valence-corrected chi connectivity index (χ0v) is 9.72. The summed E-state index contributed by atoms with van der Waals surface area (Å²) in [4.78, 5) is 0. The van der Waals surface area contributed by atoms with Crippen LogP contribution in [-0.4, -0.2) is 24.3 Å². The maximum absolute atomic E-state index is 9.06. The van der Waals surface area contributed by atoms with Gasteiger partial charge in [-0.25, -0.2) is 0 Å². The third kappa shape index (κ3) is 5.27. The Hall–Kier alpha value is -0.0800. The molecule has 2 N–H and O–H groups in total. The number of rotatable bonds is 6. The normalized spacial score (nSPS) is 17.1. The lowest BCUT2D eigenvalue weighted by Gasteiger charge is -2.27. The molecule has 2 atom stereocenters. The quantitative estimate of drug-likeness (QED) is 0.667. The fraction of sp³-hybridized carbons (Fsp3) is 1.00. The van der Waals surface area contributed by atoms with Gasteiger partial charge in [-0.2, -0.15) is 0 Å². The molecule has 0 aliphatic heterocycles. The van der Waals surface area contributed by atoms with Gasteiger partial charge in [-0.05, 0) is 12.8 Å². The molecule has 0 radical (unpaired) electrons. The lowest BCUT2D eigenvalue weighted by atomic mass is 9.93. The maximum atomic E-state index is 9.06. The molecule has 2 heteroatoms. The molecule has 0 fully saturated rings. The van der Waals surface area contributed by atoms with Crippen LogP contribution in [0, 0.1) is 11.3 Å². The van der Waals surface area contributed by atoms with Crippen LogP contribution in [0.25, 0.3) is 0 Å². The van der Waals surface area contributed by atoms with Crippen molar-refractivity contribution in [1.82, 2.24) is 5.32 Å². The molecule has 0 bridgehead atoms. The SMILES string of the molecule is CCC(C)C(C)NCC(C)(C)CO. The Morgan fingerprint density at radius 2 is 1.85 bits per heavy atom. The van der Waals surface area contributed by atoms with E-state index in [1.165, 1.54) is 6.42 Å². The van der Waals surface area contributed by atoms with Crippen LogP contribution in [0.1, 0.15) is 41.0 Å². The molecule has 0 aromatic carbocycles. The lowest BCUT2D eigenvalue weighted by Crippen LogP contribution is -2.40. The average molecular weight is 187 g/mol. The number of hydrogen-bond acceptors (Lipinski definition) is 2. The van der Waals surface area contributed by atoms with Crippen LogP contribution < -0.4 is 5.32 Å². The molecule has 2 unspecified atom stereocenters. The van der Waals surface area contributed by atoms with Crippen molar-refractivity contribution in [1.29, 1.82) is 0 Å². The van der Waals surface area contributed by atoms with E-state index in [1.54, 1.807) is 0 Å². The first-order valence-corrected chi connectivity index (χ1v) is 5.27. The van der Waals surface area contributed by atoms with Gasteiger partial charge in [0.1, 0.15) is 0 Å². The second-order valence-corrected chi connectivity index (χ2v) is 4.88. The second kappa shape index (κ2) is 5.61. The van der Waals surface area contributed by atoms with Gasteiger partial charge in [0, 0.05) is 24.6 Å². The van der Waals surface area contributed by atoms with Gasteiger partial charge < -0.3 is 10.4 Å². The van der Waals surface area contributed by atoms with Crippen molar-refractivity contribution in [2.75, 3.05) is 13.2 Å². The summed E-state index contributed by atoms with van der Waals surface area (Å²) < 4.78 is 0. The average Bonchev–Trinajstić information content (AvgIpc) is 2.13. The summed E-state index contributed by atoms with van der Waals surface area (Å²) >= 11 is 0. The van der Waals surface area contributed by atoms with Crippen molar-refractivity contribution in [3.63, 3.8) is 0 Å². The smallest absolute Gasteiger partial charge is 0.0494 e. The third-order valence-electron chi connectivity index (χ3n) is 2.83. The number of nitrogens with one attached hydrogen (secondary N) is 1. The van der Waals surface area contributed by atoms with E-state index in [1.807, 2.05) is 0 Å². The van der Waals surface area contributed by atoms with E-state index in [0.717, 1.165) is 6.54 Å². The summed E-state index contributed by atoms with van der Waals surface area (Å²) in [6.07, 6.45) is 1.20. The summed E-state index contributed by atoms with van der Waals surface area (Å²) in [5.41, 5.74) is 0.00171. The topological polar surface area (TPSA) is 32.3 Å². The van der Waals surface area contributed by atoms with Gasteiger partial charge in [0.05, 0.1) is 0 Å². The molecular weight excluding hydrogens is 162 g/mol. The van der Waals surface area contributed by atoms with Gasteiger partial charge in [-0.1, -0.05) is 34.1 Å².